The van der Waals surface area contributed by atoms with Crippen molar-refractivity contribution in [2.24, 2.45) is 5.92 Å². The minimum atomic E-state index is -0.763. The second kappa shape index (κ2) is 12.5. The standard InChI is InChI=1S/C33H38FNO4/c1-38-27-12-14-31(34)30(21-27)29-13-11-24(18-32(29)35-15-4-2-3-5-16-35)22-39-28-8-6-7-25(19-28)26(20-33(36)37)17-23-9-10-23/h6-8,11-14,18-19,21,23,26H,2-5,9-10,15-17,20,22H2,1H3,(H,36,37)/t26-/m0/s1. The number of ether oxygens (including phenoxy) is 2. The molecule has 0 spiro atoms. The van der Waals surface area contributed by atoms with E-state index in [1.54, 1.807) is 19.2 Å². The number of hydrogen-bond donors (Lipinski definition) is 1. The van der Waals surface area contributed by atoms with E-state index in [2.05, 4.69) is 11.0 Å². The number of anilines is 1. The summed E-state index contributed by atoms with van der Waals surface area (Å²) in [6.07, 6.45) is 8.10. The highest BCUT2D eigenvalue weighted by molar-refractivity contribution is 5.80. The molecule has 5 nitrogen and oxygen atoms in total. The van der Waals surface area contributed by atoms with Crippen molar-refractivity contribution >= 4 is 11.7 Å². The fraction of sp³-hybridized carbons (Fsp3) is 0.424. The number of halogens is 1. The van der Waals surface area contributed by atoms with Crippen molar-refractivity contribution in [3.05, 3.63) is 77.6 Å². The van der Waals surface area contributed by atoms with Gasteiger partial charge < -0.3 is 19.5 Å². The Hall–Kier alpha value is -3.54. The predicted molar refractivity (Wildman–Crippen MR) is 152 cm³/mol. The van der Waals surface area contributed by atoms with Crippen LogP contribution in [0.1, 0.15) is 68.4 Å². The molecule has 1 aliphatic heterocycles. The van der Waals surface area contributed by atoms with E-state index in [1.807, 2.05) is 36.4 Å². The molecule has 3 aromatic rings. The zero-order valence-electron chi connectivity index (χ0n) is 22.7. The van der Waals surface area contributed by atoms with Crippen LogP contribution in [0.25, 0.3) is 11.1 Å². The lowest BCUT2D eigenvalue weighted by atomic mass is 9.90. The molecule has 6 heteroatoms. The number of nitrogens with zero attached hydrogens (tertiary/aromatic N) is 1. The molecular formula is C33H38FNO4. The summed E-state index contributed by atoms with van der Waals surface area (Å²) in [7, 11) is 1.60. The van der Waals surface area contributed by atoms with E-state index in [1.165, 1.54) is 31.7 Å². The normalized spacial score (nSPS) is 16.4. The number of aliphatic carboxylic acids is 1. The molecule has 0 unspecified atom stereocenters. The van der Waals surface area contributed by atoms with Crippen LogP contribution in [0.4, 0.5) is 10.1 Å². The Morgan fingerprint density at radius 3 is 2.49 bits per heavy atom. The molecule has 1 N–H and O–H groups in total. The van der Waals surface area contributed by atoms with Crippen molar-refractivity contribution in [1.29, 1.82) is 0 Å². The number of carboxylic acids is 1. The van der Waals surface area contributed by atoms with Gasteiger partial charge in [0.25, 0.3) is 0 Å². The van der Waals surface area contributed by atoms with Gasteiger partial charge in [-0.15, -0.1) is 0 Å². The van der Waals surface area contributed by atoms with Gasteiger partial charge in [0.15, 0.2) is 0 Å². The van der Waals surface area contributed by atoms with E-state index < -0.39 is 5.97 Å². The van der Waals surface area contributed by atoms with E-state index in [0.717, 1.165) is 60.5 Å². The molecule has 0 aromatic heterocycles. The maximum Gasteiger partial charge on any atom is 0.303 e. The van der Waals surface area contributed by atoms with E-state index >= 15 is 4.39 Å². The van der Waals surface area contributed by atoms with Crippen molar-refractivity contribution in [2.45, 2.75) is 63.9 Å². The third kappa shape index (κ3) is 7.11. The topological polar surface area (TPSA) is 59.0 Å². The molecule has 1 atom stereocenters. The summed E-state index contributed by atoms with van der Waals surface area (Å²) in [5.74, 6) is 0.978. The molecule has 1 saturated carbocycles. The van der Waals surface area contributed by atoms with Gasteiger partial charge in [-0.05, 0) is 78.6 Å². The summed E-state index contributed by atoms with van der Waals surface area (Å²) < 4.78 is 26.6. The number of hydrogen-bond acceptors (Lipinski definition) is 4. The molecule has 1 saturated heterocycles. The largest absolute Gasteiger partial charge is 0.497 e. The fourth-order valence-electron chi connectivity index (χ4n) is 5.63. The van der Waals surface area contributed by atoms with Crippen LogP contribution in [0.5, 0.6) is 11.5 Å². The van der Waals surface area contributed by atoms with Gasteiger partial charge in [-0.2, -0.15) is 0 Å². The van der Waals surface area contributed by atoms with E-state index in [0.29, 0.717) is 23.8 Å². The molecular weight excluding hydrogens is 493 g/mol. The molecule has 0 radical (unpaired) electrons. The average Bonchev–Trinajstić information content (AvgIpc) is 3.79. The van der Waals surface area contributed by atoms with Crippen LogP contribution in [0.2, 0.25) is 0 Å². The number of carbonyl (C=O) groups is 1. The van der Waals surface area contributed by atoms with Crippen molar-refractivity contribution in [3.8, 4) is 22.6 Å². The van der Waals surface area contributed by atoms with Crippen LogP contribution < -0.4 is 14.4 Å². The Bertz CT molecular complexity index is 1280. The SMILES string of the molecule is COc1ccc(F)c(-c2ccc(COc3cccc([C@H](CC(=O)O)CC4CC4)c3)cc2N2CCCCCC2)c1. The number of methoxy groups -OCH3 is 1. The Labute approximate surface area is 230 Å². The molecule has 1 aliphatic carbocycles. The van der Waals surface area contributed by atoms with Gasteiger partial charge in [-0.25, -0.2) is 4.39 Å². The summed E-state index contributed by atoms with van der Waals surface area (Å²) in [6.45, 7) is 2.26. The van der Waals surface area contributed by atoms with Crippen LogP contribution in [0.3, 0.4) is 0 Å². The van der Waals surface area contributed by atoms with Crippen molar-refractivity contribution in [1.82, 2.24) is 0 Å². The van der Waals surface area contributed by atoms with Crippen molar-refractivity contribution in [2.75, 3.05) is 25.1 Å². The lowest BCUT2D eigenvalue weighted by Gasteiger charge is -2.27. The van der Waals surface area contributed by atoms with Gasteiger partial charge in [-0.1, -0.05) is 49.9 Å². The summed E-state index contributed by atoms with van der Waals surface area (Å²) in [4.78, 5) is 13.9. The molecule has 3 aromatic carbocycles. The first kappa shape index (κ1) is 27.0. The zero-order valence-corrected chi connectivity index (χ0v) is 22.7. The fourth-order valence-corrected chi connectivity index (χ4v) is 5.63. The third-order valence-electron chi connectivity index (χ3n) is 7.94. The molecule has 0 amide bonds. The summed E-state index contributed by atoms with van der Waals surface area (Å²) >= 11 is 0. The highest BCUT2D eigenvalue weighted by Crippen LogP contribution is 2.41. The molecule has 0 bridgehead atoms. The highest BCUT2D eigenvalue weighted by atomic mass is 19.1. The van der Waals surface area contributed by atoms with E-state index in [9.17, 15) is 9.90 Å². The Kier molecular flexibility index (Phi) is 8.70. The number of rotatable bonds is 11. The van der Waals surface area contributed by atoms with Gasteiger partial charge in [-0.3, -0.25) is 4.79 Å². The second-order valence-electron chi connectivity index (χ2n) is 10.9. The first-order valence-corrected chi connectivity index (χ1v) is 14.2. The lowest BCUT2D eigenvalue weighted by molar-refractivity contribution is -0.137. The zero-order chi connectivity index (χ0) is 27.2. The number of carboxylic acid groups (broad SMARTS) is 1. The minimum Gasteiger partial charge on any atom is -0.497 e. The molecule has 1 heterocycles. The summed E-state index contributed by atoms with van der Waals surface area (Å²) in [6, 6.07) is 18.9. The number of benzene rings is 3. The monoisotopic (exact) mass is 531 g/mol. The molecule has 206 valence electrons. The summed E-state index contributed by atoms with van der Waals surface area (Å²) in [5, 5.41) is 9.44. The maximum absolute atomic E-state index is 15.0. The Balaban J connectivity index is 1.39. The van der Waals surface area contributed by atoms with Gasteiger partial charge >= 0.3 is 5.97 Å². The average molecular weight is 532 g/mol. The van der Waals surface area contributed by atoms with E-state index in [4.69, 9.17) is 9.47 Å². The van der Waals surface area contributed by atoms with Gasteiger partial charge in [0.05, 0.1) is 13.5 Å². The van der Waals surface area contributed by atoms with Crippen LogP contribution in [0.15, 0.2) is 60.7 Å². The Morgan fingerprint density at radius 2 is 1.77 bits per heavy atom. The molecule has 5 rings (SSSR count). The first-order chi connectivity index (χ1) is 19.0. The van der Waals surface area contributed by atoms with Gasteiger partial charge in [0.2, 0.25) is 0 Å². The smallest absolute Gasteiger partial charge is 0.303 e. The highest BCUT2D eigenvalue weighted by Gasteiger charge is 2.28. The first-order valence-electron chi connectivity index (χ1n) is 14.2. The minimum absolute atomic E-state index is 0.00485. The molecule has 2 fully saturated rings. The van der Waals surface area contributed by atoms with Gasteiger partial charge in [0, 0.05) is 29.9 Å². The van der Waals surface area contributed by atoms with Crippen molar-refractivity contribution < 1.29 is 23.8 Å². The van der Waals surface area contributed by atoms with Crippen LogP contribution in [-0.4, -0.2) is 31.3 Å². The lowest BCUT2D eigenvalue weighted by Crippen LogP contribution is -2.24. The maximum atomic E-state index is 15.0. The van der Waals surface area contributed by atoms with Gasteiger partial charge in [0.1, 0.15) is 23.9 Å². The van der Waals surface area contributed by atoms with Crippen LogP contribution in [-0.2, 0) is 11.4 Å². The summed E-state index contributed by atoms with van der Waals surface area (Å²) in [5.41, 5.74) is 4.44. The molecule has 2 aliphatic rings. The van der Waals surface area contributed by atoms with Crippen molar-refractivity contribution in [3.63, 3.8) is 0 Å². The molecule has 39 heavy (non-hydrogen) atoms. The van der Waals surface area contributed by atoms with E-state index in [-0.39, 0.29) is 18.2 Å². The quantitative estimate of drug-likeness (QED) is 0.273. The second-order valence-corrected chi connectivity index (χ2v) is 10.9. The Morgan fingerprint density at radius 1 is 0.974 bits per heavy atom. The van der Waals surface area contributed by atoms with Crippen LogP contribution in [0, 0.1) is 11.7 Å². The predicted octanol–water partition coefficient (Wildman–Crippen LogP) is 7.82. The van der Waals surface area contributed by atoms with Crippen LogP contribution >= 0.6 is 0 Å². The third-order valence-corrected chi connectivity index (χ3v) is 7.94.